The highest BCUT2D eigenvalue weighted by molar-refractivity contribution is 6.15. The smallest absolute Gasteiger partial charge is 0.277 e. The van der Waals surface area contributed by atoms with Crippen LogP contribution < -0.4 is 10.1 Å². The number of benzene rings is 2. The number of rotatable bonds is 7. The Bertz CT molecular complexity index is 1310. The maximum atomic E-state index is 13.7. The Kier molecular flexibility index (Phi) is 6.87. The summed E-state index contributed by atoms with van der Waals surface area (Å²) in [5, 5.41) is 12.0. The predicted octanol–water partition coefficient (Wildman–Crippen LogP) is 2.93. The van der Waals surface area contributed by atoms with E-state index < -0.39 is 23.4 Å². The van der Waals surface area contributed by atoms with Gasteiger partial charge in [-0.15, -0.1) is 0 Å². The zero-order valence-corrected chi connectivity index (χ0v) is 18.9. The van der Waals surface area contributed by atoms with Crippen LogP contribution in [-0.2, 0) is 11.3 Å². The van der Waals surface area contributed by atoms with Crippen LogP contribution in [0.5, 0.6) is 5.75 Å². The summed E-state index contributed by atoms with van der Waals surface area (Å²) in [6, 6.07) is 6.98. The number of imidazole rings is 1. The summed E-state index contributed by atoms with van der Waals surface area (Å²) in [7, 11) is 1.53. The third-order valence-corrected chi connectivity index (χ3v) is 5.23. The second kappa shape index (κ2) is 10.0. The summed E-state index contributed by atoms with van der Waals surface area (Å²) >= 11 is 0. The van der Waals surface area contributed by atoms with E-state index in [4.69, 9.17) is 9.84 Å². The first kappa shape index (κ1) is 24.0. The molecule has 0 saturated carbocycles. The second-order valence-electron chi connectivity index (χ2n) is 7.73. The number of halogens is 3. The van der Waals surface area contributed by atoms with Gasteiger partial charge in [0.2, 0.25) is 5.96 Å². The number of guanidine groups is 1. The minimum atomic E-state index is -1.59. The van der Waals surface area contributed by atoms with Crippen LogP contribution in [0.3, 0.4) is 0 Å². The van der Waals surface area contributed by atoms with Gasteiger partial charge in [0.25, 0.3) is 5.91 Å². The Morgan fingerprint density at radius 1 is 1.20 bits per heavy atom. The molecule has 1 saturated heterocycles. The molecule has 182 valence electrons. The molecule has 8 nitrogen and oxygen atoms in total. The van der Waals surface area contributed by atoms with Crippen molar-refractivity contribution >= 4 is 17.9 Å². The zero-order valence-electron chi connectivity index (χ0n) is 18.9. The van der Waals surface area contributed by atoms with Crippen LogP contribution in [-0.4, -0.2) is 51.7 Å². The van der Waals surface area contributed by atoms with E-state index in [1.807, 2.05) is 23.8 Å². The molecule has 0 spiro atoms. The number of hydrogen-bond acceptors (Lipinski definition) is 5. The SMILES string of the molecule is COc1cc(C=C2NC(=NCCO)N(Cc3cc(F)c(F)c(F)c3)C2=O)ccc1-n1cnc(C)c1. The molecule has 0 aliphatic carbocycles. The van der Waals surface area contributed by atoms with Crippen molar-refractivity contribution in [3.8, 4) is 11.4 Å². The first-order valence-electron chi connectivity index (χ1n) is 10.6. The van der Waals surface area contributed by atoms with Crippen LogP contribution in [0, 0.1) is 24.4 Å². The minimum Gasteiger partial charge on any atom is -0.495 e. The quantitative estimate of drug-likeness (QED) is 0.397. The fourth-order valence-electron chi connectivity index (χ4n) is 3.61. The number of nitrogens with zero attached hydrogens (tertiary/aromatic N) is 4. The Balaban J connectivity index is 1.65. The zero-order chi connectivity index (χ0) is 25.1. The first-order chi connectivity index (χ1) is 16.8. The Hall–Kier alpha value is -4.12. The average molecular weight is 485 g/mol. The van der Waals surface area contributed by atoms with Crippen molar-refractivity contribution in [3.05, 3.63) is 82.8 Å². The number of nitrogens with one attached hydrogen (secondary N) is 1. The summed E-state index contributed by atoms with van der Waals surface area (Å²) in [5.74, 6) is -4.17. The summed E-state index contributed by atoms with van der Waals surface area (Å²) in [5.41, 5.74) is 2.43. The number of aliphatic hydroxyl groups excluding tert-OH is 1. The topological polar surface area (TPSA) is 92.0 Å². The van der Waals surface area contributed by atoms with Gasteiger partial charge in [-0.3, -0.25) is 14.7 Å². The van der Waals surface area contributed by atoms with E-state index in [2.05, 4.69) is 15.3 Å². The van der Waals surface area contributed by atoms with Crippen molar-refractivity contribution in [2.75, 3.05) is 20.3 Å². The number of carbonyl (C=O) groups is 1. The molecular formula is C24H22F3N5O3. The fraction of sp³-hybridized carbons (Fsp3) is 0.208. The van der Waals surface area contributed by atoms with Crippen LogP contribution in [0.2, 0.25) is 0 Å². The standard InChI is InChI=1S/C24H22F3N5O3/c1-14-11-31(13-29-14)20-4-3-15(10-21(20)35-2)9-19-23(34)32(24(30-19)28-5-6-33)12-16-7-17(25)22(27)18(26)8-16/h3-4,7-11,13,33H,5-6,12H2,1-2H3,(H,28,30). The average Bonchev–Trinajstić information content (AvgIpc) is 3.39. The van der Waals surface area contributed by atoms with Gasteiger partial charge in [0, 0.05) is 6.20 Å². The summed E-state index contributed by atoms with van der Waals surface area (Å²) in [4.78, 5) is 22.6. The summed E-state index contributed by atoms with van der Waals surface area (Å²) in [6.07, 6.45) is 5.09. The van der Waals surface area contributed by atoms with Gasteiger partial charge >= 0.3 is 0 Å². The Labute approximate surface area is 199 Å². The molecule has 35 heavy (non-hydrogen) atoms. The normalized spacial score (nSPS) is 15.8. The number of amides is 1. The summed E-state index contributed by atoms with van der Waals surface area (Å²) in [6.45, 7) is 1.34. The lowest BCUT2D eigenvalue weighted by Crippen LogP contribution is -2.32. The fourth-order valence-corrected chi connectivity index (χ4v) is 3.61. The van der Waals surface area contributed by atoms with Gasteiger partial charge in [0.1, 0.15) is 11.4 Å². The van der Waals surface area contributed by atoms with Gasteiger partial charge in [-0.1, -0.05) is 6.07 Å². The van der Waals surface area contributed by atoms with E-state index in [1.165, 1.54) is 7.11 Å². The van der Waals surface area contributed by atoms with Crippen molar-refractivity contribution in [3.63, 3.8) is 0 Å². The lowest BCUT2D eigenvalue weighted by atomic mass is 10.1. The molecule has 1 aliphatic heterocycles. The van der Waals surface area contributed by atoms with Gasteiger partial charge in [-0.05, 0) is 48.4 Å². The van der Waals surface area contributed by atoms with E-state index in [-0.39, 0.29) is 36.9 Å². The highest BCUT2D eigenvalue weighted by atomic mass is 19.2. The molecule has 1 aromatic heterocycles. The van der Waals surface area contributed by atoms with E-state index >= 15 is 0 Å². The number of aryl methyl sites for hydroxylation is 1. The maximum absolute atomic E-state index is 13.7. The van der Waals surface area contributed by atoms with Gasteiger partial charge in [-0.2, -0.15) is 0 Å². The van der Waals surface area contributed by atoms with E-state index in [0.717, 1.165) is 28.4 Å². The Morgan fingerprint density at radius 2 is 1.94 bits per heavy atom. The maximum Gasteiger partial charge on any atom is 0.277 e. The van der Waals surface area contributed by atoms with Crippen molar-refractivity contribution in [1.29, 1.82) is 0 Å². The molecule has 0 unspecified atom stereocenters. The van der Waals surface area contributed by atoms with Gasteiger partial charge in [0.15, 0.2) is 17.5 Å². The molecule has 11 heteroatoms. The number of aromatic nitrogens is 2. The molecule has 0 radical (unpaired) electrons. The van der Waals surface area contributed by atoms with Crippen LogP contribution in [0.1, 0.15) is 16.8 Å². The molecular weight excluding hydrogens is 463 g/mol. The molecule has 0 atom stereocenters. The third kappa shape index (κ3) is 5.04. The molecule has 0 bridgehead atoms. The van der Waals surface area contributed by atoms with E-state index in [1.54, 1.807) is 24.5 Å². The number of methoxy groups -OCH3 is 1. The van der Waals surface area contributed by atoms with Crippen LogP contribution in [0.15, 0.2) is 53.5 Å². The van der Waals surface area contributed by atoms with Crippen molar-refractivity contribution in [2.24, 2.45) is 4.99 Å². The molecule has 2 heterocycles. The predicted molar refractivity (Wildman–Crippen MR) is 122 cm³/mol. The lowest BCUT2D eigenvalue weighted by Gasteiger charge is -2.15. The largest absolute Gasteiger partial charge is 0.495 e. The Morgan fingerprint density at radius 3 is 2.57 bits per heavy atom. The number of aliphatic imine (C=N–C) groups is 1. The number of carbonyl (C=O) groups excluding carboxylic acids is 1. The van der Waals surface area contributed by atoms with Gasteiger partial charge in [0.05, 0.1) is 44.5 Å². The lowest BCUT2D eigenvalue weighted by molar-refractivity contribution is -0.122. The molecule has 1 aliphatic rings. The number of aliphatic hydroxyl groups is 1. The summed E-state index contributed by atoms with van der Waals surface area (Å²) < 4.78 is 48.0. The third-order valence-electron chi connectivity index (χ3n) is 5.23. The van der Waals surface area contributed by atoms with Crippen molar-refractivity contribution in [1.82, 2.24) is 19.8 Å². The van der Waals surface area contributed by atoms with Gasteiger partial charge < -0.3 is 19.7 Å². The molecule has 1 fully saturated rings. The van der Waals surface area contributed by atoms with Crippen LogP contribution in [0.25, 0.3) is 11.8 Å². The molecule has 2 aromatic carbocycles. The molecule has 2 N–H and O–H groups in total. The molecule has 3 aromatic rings. The minimum absolute atomic E-state index is 0.00161. The van der Waals surface area contributed by atoms with Crippen molar-refractivity contribution in [2.45, 2.75) is 13.5 Å². The molecule has 4 rings (SSSR count). The van der Waals surface area contributed by atoms with E-state index in [0.29, 0.717) is 11.3 Å². The van der Waals surface area contributed by atoms with Crippen molar-refractivity contribution < 1.29 is 27.8 Å². The highest BCUT2D eigenvalue weighted by Gasteiger charge is 2.32. The number of hydrogen-bond donors (Lipinski definition) is 2. The number of ether oxygens (including phenoxy) is 1. The highest BCUT2D eigenvalue weighted by Crippen LogP contribution is 2.27. The van der Waals surface area contributed by atoms with Gasteiger partial charge in [-0.25, -0.2) is 18.2 Å². The van der Waals surface area contributed by atoms with Crippen LogP contribution in [0.4, 0.5) is 13.2 Å². The molecule has 1 amide bonds. The first-order valence-corrected chi connectivity index (χ1v) is 10.6. The van der Waals surface area contributed by atoms with Crippen LogP contribution >= 0.6 is 0 Å². The second-order valence-corrected chi connectivity index (χ2v) is 7.73. The monoisotopic (exact) mass is 485 g/mol. The van der Waals surface area contributed by atoms with E-state index in [9.17, 15) is 18.0 Å².